The molecule has 0 aliphatic carbocycles. The molecule has 0 saturated heterocycles. The van der Waals surface area contributed by atoms with E-state index < -0.39 is 0 Å². The quantitative estimate of drug-likeness (QED) is 0.351. The van der Waals surface area contributed by atoms with Crippen LogP contribution in [0.5, 0.6) is 0 Å². The van der Waals surface area contributed by atoms with Crippen LogP contribution in [0.3, 0.4) is 0 Å². The zero-order valence-corrected chi connectivity index (χ0v) is 15.5. The predicted molar refractivity (Wildman–Crippen MR) is 94.1 cm³/mol. The lowest BCUT2D eigenvalue weighted by Crippen LogP contribution is -2.05. The van der Waals surface area contributed by atoms with Crippen molar-refractivity contribution in [3.63, 3.8) is 0 Å². The van der Waals surface area contributed by atoms with Crippen molar-refractivity contribution < 1.29 is 0 Å². The second kappa shape index (κ2) is 11.6. The third-order valence-electron chi connectivity index (χ3n) is 4.78. The van der Waals surface area contributed by atoms with E-state index >= 15 is 0 Å². The molecule has 0 heterocycles. The van der Waals surface area contributed by atoms with Crippen LogP contribution >= 0.6 is 0 Å². The Morgan fingerprint density at radius 1 is 0.350 bits per heavy atom. The lowest BCUT2D eigenvalue weighted by Gasteiger charge is -2.18. The van der Waals surface area contributed by atoms with Gasteiger partial charge in [0.2, 0.25) is 0 Å². The topological polar surface area (TPSA) is 0 Å². The lowest BCUT2D eigenvalue weighted by molar-refractivity contribution is 0.342. The van der Waals surface area contributed by atoms with Crippen molar-refractivity contribution in [3.05, 3.63) is 0 Å². The normalized spacial score (nSPS) is 16.6. The highest BCUT2D eigenvalue weighted by Crippen LogP contribution is 2.24. The fourth-order valence-corrected chi connectivity index (χ4v) is 2.81. The Kier molecular flexibility index (Phi) is 11.6. The van der Waals surface area contributed by atoms with Crippen molar-refractivity contribution in [2.45, 2.75) is 99.8 Å². The van der Waals surface area contributed by atoms with Crippen molar-refractivity contribution in [1.82, 2.24) is 0 Å². The average Bonchev–Trinajstić information content (AvgIpc) is 2.37. The largest absolute Gasteiger partial charge is 0.0628 e. The van der Waals surface area contributed by atoms with Crippen molar-refractivity contribution in [1.29, 1.82) is 0 Å². The number of hydrogen-bond acceptors (Lipinski definition) is 0. The molecule has 0 bridgehead atoms. The Hall–Kier alpha value is 0. The van der Waals surface area contributed by atoms with Gasteiger partial charge in [0, 0.05) is 0 Å². The first kappa shape index (κ1) is 20.0. The second-order valence-corrected chi connectivity index (χ2v) is 8.41. The van der Waals surface area contributed by atoms with Gasteiger partial charge in [-0.05, 0) is 29.6 Å². The Labute approximate surface area is 130 Å². The molecule has 0 fully saturated rings. The molecule has 2 atom stereocenters. The van der Waals surface area contributed by atoms with Gasteiger partial charge in [-0.3, -0.25) is 0 Å². The molecule has 122 valence electrons. The predicted octanol–water partition coefficient (Wildman–Crippen LogP) is 7.33. The summed E-state index contributed by atoms with van der Waals surface area (Å²) in [7, 11) is 0. The molecule has 0 aliphatic heterocycles. The highest BCUT2D eigenvalue weighted by atomic mass is 14.2. The van der Waals surface area contributed by atoms with E-state index in [4.69, 9.17) is 0 Å². The maximum Gasteiger partial charge on any atom is -0.0443 e. The maximum atomic E-state index is 2.46. The molecule has 20 heavy (non-hydrogen) atoms. The van der Waals surface area contributed by atoms with Gasteiger partial charge in [-0.25, -0.2) is 0 Å². The minimum absolute atomic E-state index is 0.872. The summed E-state index contributed by atoms with van der Waals surface area (Å²) < 4.78 is 0. The van der Waals surface area contributed by atoms with Crippen LogP contribution in [0.25, 0.3) is 0 Å². The standard InChI is InChI=1S/C20H42/c1-16(2)8-10-18(5)12-14-20(7)15-13-19(6)11-9-17(3)4/h16-20H,8-15H2,1-7H3. The molecule has 0 saturated carbocycles. The maximum absolute atomic E-state index is 2.46. The summed E-state index contributed by atoms with van der Waals surface area (Å²) in [4.78, 5) is 0. The first-order valence-electron chi connectivity index (χ1n) is 9.31. The Morgan fingerprint density at radius 3 is 0.750 bits per heavy atom. The lowest BCUT2D eigenvalue weighted by atomic mass is 9.88. The fourth-order valence-electron chi connectivity index (χ4n) is 2.81. The Morgan fingerprint density at radius 2 is 0.550 bits per heavy atom. The third kappa shape index (κ3) is 13.0. The zero-order chi connectivity index (χ0) is 15.5. The van der Waals surface area contributed by atoms with Crippen LogP contribution in [-0.2, 0) is 0 Å². The van der Waals surface area contributed by atoms with E-state index in [1.165, 1.54) is 51.4 Å². The van der Waals surface area contributed by atoms with Crippen molar-refractivity contribution >= 4 is 0 Å². The van der Waals surface area contributed by atoms with Gasteiger partial charge in [0.25, 0.3) is 0 Å². The van der Waals surface area contributed by atoms with Crippen LogP contribution in [-0.4, -0.2) is 0 Å². The smallest absolute Gasteiger partial charge is 0.0443 e. The summed E-state index contributed by atoms with van der Waals surface area (Å²) in [5.74, 6) is 4.53. The minimum Gasteiger partial charge on any atom is -0.0628 e. The van der Waals surface area contributed by atoms with E-state index in [9.17, 15) is 0 Å². The van der Waals surface area contributed by atoms with Crippen LogP contribution in [0.15, 0.2) is 0 Å². The highest BCUT2D eigenvalue weighted by molar-refractivity contribution is 4.63. The SMILES string of the molecule is CC(C)CCC(C)CCC(C)CCC(C)CCC(C)C. The molecule has 0 amide bonds. The molecular formula is C20H42. The number of hydrogen-bond donors (Lipinski definition) is 0. The molecule has 2 unspecified atom stereocenters. The molecular weight excluding hydrogens is 240 g/mol. The van der Waals surface area contributed by atoms with E-state index in [1.807, 2.05) is 0 Å². The summed E-state index contributed by atoms with van der Waals surface area (Å²) >= 11 is 0. The monoisotopic (exact) mass is 282 g/mol. The van der Waals surface area contributed by atoms with Gasteiger partial charge in [-0.2, -0.15) is 0 Å². The molecule has 0 heteroatoms. The van der Waals surface area contributed by atoms with Crippen molar-refractivity contribution in [3.8, 4) is 0 Å². The van der Waals surface area contributed by atoms with Gasteiger partial charge in [0.05, 0.1) is 0 Å². The van der Waals surface area contributed by atoms with Gasteiger partial charge in [-0.1, -0.05) is 99.8 Å². The first-order chi connectivity index (χ1) is 9.31. The summed E-state index contributed by atoms with van der Waals surface area (Å²) in [5, 5.41) is 0. The van der Waals surface area contributed by atoms with Crippen molar-refractivity contribution in [2.24, 2.45) is 29.6 Å². The molecule has 0 N–H and O–H groups in total. The van der Waals surface area contributed by atoms with E-state index in [0.29, 0.717) is 0 Å². The molecule has 0 nitrogen and oxygen atoms in total. The van der Waals surface area contributed by atoms with Gasteiger partial charge >= 0.3 is 0 Å². The summed E-state index contributed by atoms with van der Waals surface area (Å²) in [6.45, 7) is 16.7. The van der Waals surface area contributed by atoms with Crippen LogP contribution in [0.2, 0.25) is 0 Å². The van der Waals surface area contributed by atoms with E-state index in [1.54, 1.807) is 0 Å². The summed E-state index contributed by atoms with van der Waals surface area (Å²) in [6, 6.07) is 0. The number of rotatable bonds is 12. The van der Waals surface area contributed by atoms with Gasteiger partial charge in [-0.15, -0.1) is 0 Å². The first-order valence-corrected chi connectivity index (χ1v) is 9.31. The summed E-state index contributed by atoms with van der Waals surface area (Å²) in [5.41, 5.74) is 0. The van der Waals surface area contributed by atoms with Crippen LogP contribution < -0.4 is 0 Å². The zero-order valence-electron chi connectivity index (χ0n) is 15.5. The van der Waals surface area contributed by atoms with E-state index in [0.717, 1.165) is 29.6 Å². The minimum atomic E-state index is 0.872. The molecule has 0 radical (unpaired) electrons. The second-order valence-electron chi connectivity index (χ2n) is 8.41. The molecule has 0 aliphatic rings. The third-order valence-corrected chi connectivity index (χ3v) is 4.78. The molecule has 0 aromatic heterocycles. The molecule has 0 rings (SSSR count). The average molecular weight is 283 g/mol. The van der Waals surface area contributed by atoms with Gasteiger partial charge in [0.15, 0.2) is 0 Å². The van der Waals surface area contributed by atoms with Crippen LogP contribution in [0.1, 0.15) is 99.8 Å². The van der Waals surface area contributed by atoms with Gasteiger partial charge < -0.3 is 0 Å². The van der Waals surface area contributed by atoms with Crippen LogP contribution in [0.4, 0.5) is 0 Å². The summed E-state index contributed by atoms with van der Waals surface area (Å²) in [6.07, 6.45) is 11.4. The highest BCUT2D eigenvalue weighted by Gasteiger charge is 2.10. The van der Waals surface area contributed by atoms with Crippen LogP contribution in [0, 0.1) is 29.6 Å². The van der Waals surface area contributed by atoms with Gasteiger partial charge in [0.1, 0.15) is 0 Å². The Bertz CT molecular complexity index is 182. The Balaban J connectivity index is 3.59. The van der Waals surface area contributed by atoms with Crippen molar-refractivity contribution in [2.75, 3.05) is 0 Å². The molecule has 0 aromatic rings. The van der Waals surface area contributed by atoms with E-state index in [2.05, 4.69) is 48.5 Å². The molecule has 0 spiro atoms. The van der Waals surface area contributed by atoms with E-state index in [-0.39, 0.29) is 0 Å². The fraction of sp³-hybridized carbons (Fsp3) is 1.00. The molecule has 0 aromatic carbocycles.